The van der Waals surface area contributed by atoms with Crippen LogP contribution in [0.3, 0.4) is 0 Å². The number of hydrogen-bond donors (Lipinski definition) is 0. The van der Waals surface area contributed by atoms with E-state index in [2.05, 4.69) is 45.4 Å². The van der Waals surface area contributed by atoms with Crippen LogP contribution in [0.1, 0.15) is 45.9 Å². The van der Waals surface area contributed by atoms with Crippen LogP contribution in [0.2, 0.25) is 13.1 Å². The Morgan fingerprint density at radius 3 is 2.78 bits per heavy atom. The minimum absolute atomic E-state index is 0.0874. The van der Waals surface area contributed by atoms with Gasteiger partial charge in [0.25, 0.3) is 0 Å². The smallest absolute Gasteiger partial charge is 0.412 e. The summed E-state index contributed by atoms with van der Waals surface area (Å²) in [7, 11) is -1.47. The Hall–Kier alpha value is -1.75. The van der Waals surface area contributed by atoms with Crippen LogP contribution in [-0.4, -0.2) is 53.3 Å². The zero-order valence-corrected chi connectivity index (χ0v) is 22.4. The summed E-state index contributed by atoms with van der Waals surface area (Å²) in [6, 6.07) is -0.313. The molecule has 0 radical (unpaired) electrons. The van der Waals surface area contributed by atoms with Crippen molar-refractivity contribution in [1.82, 2.24) is 14.3 Å². The number of aromatic nitrogens is 2. The molecule has 0 aliphatic carbocycles. The number of carbonyl (C=O) groups is 1. The normalized spacial score (nSPS) is 22.3. The van der Waals surface area contributed by atoms with Gasteiger partial charge in [-0.05, 0) is 37.1 Å². The molecule has 1 saturated heterocycles. The lowest BCUT2D eigenvalue weighted by atomic mass is 9.78. The molecule has 2 aromatic heterocycles. The van der Waals surface area contributed by atoms with Crippen LogP contribution < -0.4 is 0 Å². The highest BCUT2D eigenvalue weighted by atomic mass is 32.1. The summed E-state index contributed by atoms with van der Waals surface area (Å²) >= 11 is 6.92. The predicted molar refractivity (Wildman–Crippen MR) is 134 cm³/mol. The lowest BCUT2D eigenvalue weighted by molar-refractivity contribution is -0.0280. The number of ether oxygens (including phenoxy) is 2. The van der Waals surface area contributed by atoms with Gasteiger partial charge in [0.05, 0.1) is 17.9 Å². The van der Waals surface area contributed by atoms with Gasteiger partial charge in [0, 0.05) is 18.2 Å². The monoisotopic (exact) mass is 495 g/mol. The minimum Gasteiger partial charge on any atom is -0.476 e. The lowest BCUT2D eigenvalue weighted by Gasteiger charge is -2.37. The molecule has 3 rings (SSSR count). The molecule has 1 aliphatic rings. The number of thiocarbonyl (C=S) groups is 1. The number of likely N-dealkylation sites (tertiary alicyclic amines) is 1. The van der Waals surface area contributed by atoms with Crippen molar-refractivity contribution in [1.29, 1.82) is 0 Å². The number of nitrogens with zero attached hydrogens (tertiary/aromatic N) is 3. The first-order chi connectivity index (χ1) is 15.0. The molecule has 1 aliphatic heterocycles. The van der Waals surface area contributed by atoms with Gasteiger partial charge in [-0.15, -0.1) is 11.3 Å². The van der Waals surface area contributed by atoms with Gasteiger partial charge in [0.15, 0.2) is 20.2 Å². The predicted octanol–water partition coefficient (Wildman–Crippen LogP) is 5.19. The molecule has 0 saturated carbocycles. The van der Waals surface area contributed by atoms with E-state index in [1.54, 1.807) is 35.6 Å². The maximum atomic E-state index is 13.3. The maximum Gasteiger partial charge on any atom is 0.412 e. The third kappa shape index (κ3) is 5.24. The number of thiazole rings is 1. The maximum absolute atomic E-state index is 13.3. The van der Waals surface area contributed by atoms with Gasteiger partial charge in [0.1, 0.15) is 24.0 Å². The number of hydrogen-bond acceptors (Lipinski definition) is 7. The summed E-state index contributed by atoms with van der Waals surface area (Å²) in [6.45, 7) is 16.3. The molecule has 3 heterocycles. The minimum atomic E-state index is -1.47. The van der Waals surface area contributed by atoms with Crippen molar-refractivity contribution in [2.75, 3.05) is 6.61 Å². The number of fused-ring (bicyclic) bond motifs is 1. The third-order valence-corrected chi connectivity index (χ3v) is 7.47. The Labute approximate surface area is 201 Å². The topological polar surface area (TPSA) is 65.3 Å². The van der Waals surface area contributed by atoms with Crippen LogP contribution in [0.25, 0.3) is 4.83 Å². The van der Waals surface area contributed by atoms with Crippen LogP contribution in [-0.2, 0) is 13.9 Å². The Bertz CT molecular complexity index is 968. The highest BCUT2D eigenvalue weighted by molar-refractivity contribution is 7.80. The van der Waals surface area contributed by atoms with E-state index in [1.807, 2.05) is 16.0 Å². The average Bonchev–Trinajstić information content (AvgIpc) is 3.37. The number of imidazole rings is 1. The van der Waals surface area contributed by atoms with E-state index in [0.717, 1.165) is 10.5 Å². The fraction of sp³-hybridized carbons (Fsp3) is 0.591. The number of carbonyl (C=O) groups excluding carboxylic acids is 1. The van der Waals surface area contributed by atoms with E-state index in [1.165, 1.54) is 0 Å². The van der Waals surface area contributed by atoms with Gasteiger partial charge in [-0.1, -0.05) is 33.4 Å². The van der Waals surface area contributed by atoms with Crippen molar-refractivity contribution in [3.05, 3.63) is 36.3 Å². The standard InChI is InChI=1S/C22H33N3O4S2Si/c1-8-9-27-21(26)25-16(10-15(22(3,4)5)20(25)29-32(6)7)19(28-14(2)30)17-12-31-18-11-23-13-24(17)18/h8,11-13,15-16,19-20,32H,1,9-10H2,2-7H3/t15-,16-,19?,20?/m0/s1. The van der Waals surface area contributed by atoms with Gasteiger partial charge in [-0.25, -0.2) is 9.78 Å². The molecule has 4 atom stereocenters. The summed E-state index contributed by atoms with van der Waals surface area (Å²) in [6.07, 6.45) is 4.57. The second kappa shape index (κ2) is 10.0. The van der Waals surface area contributed by atoms with E-state index in [-0.39, 0.29) is 24.0 Å². The van der Waals surface area contributed by atoms with Crippen molar-refractivity contribution in [2.45, 2.75) is 65.6 Å². The second-order valence-corrected chi connectivity index (χ2v) is 13.3. The Morgan fingerprint density at radius 2 is 2.19 bits per heavy atom. The first-order valence-corrected chi connectivity index (χ1v) is 14.9. The van der Waals surface area contributed by atoms with Crippen LogP contribution in [0.5, 0.6) is 0 Å². The van der Waals surface area contributed by atoms with Crippen molar-refractivity contribution in [2.24, 2.45) is 11.3 Å². The van der Waals surface area contributed by atoms with Gasteiger partial charge in [-0.2, -0.15) is 0 Å². The fourth-order valence-electron chi connectivity index (χ4n) is 4.27. The second-order valence-electron chi connectivity index (χ2n) is 9.42. The lowest BCUT2D eigenvalue weighted by Crippen LogP contribution is -2.49. The number of rotatable bonds is 7. The molecule has 0 N–H and O–H groups in total. The van der Waals surface area contributed by atoms with Crippen LogP contribution >= 0.6 is 23.6 Å². The van der Waals surface area contributed by atoms with Crippen LogP contribution in [0, 0.1) is 11.3 Å². The van der Waals surface area contributed by atoms with Gasteiger partial charge < -0.3 is 13.9 Å². The van der Waals surface area contributed by atoms with Crippen molar-refractivity contribution in [3.8, 4) is 0 Å². The van der Waals surface area contributed by atoms with Crippen molar-refractivity contribution < 1.29 is 18.7 Å². The molecule has 0 aromatic carbocycles. The van der Waals surface area contributed by atoms with Crippen molar-refractivity contribution in [3.63, 3.8) is 0 Å². The zero-order chi connectivity index (χ0) is 23.6. The summed E-state index contributed by atoms with van der Waals surface area (Å²) in [4.78, 5) is 20.4. The molecular weight excluding hydrogens is 462 g/mol. The average molecular weight is 496 g/mol. The molecule has 0 bridgehead atoms. The first kappa shape index (κ1) is 24.9. The quantitative estimate of drug-likeness (QED) is 0.299. The zero-order valence-electron chi connectivity index (χ0n) is 19.6. The molecule has 1 fully saturated rings. The molecule has 2 aromatic rings. The summed E-state index contributed by atoms with van der Waals surface area (Å²) < 4.78 is 20.2. The Morgan fingerprint density at radius 1 is 1.47 bits per heavy atom. The third-order valence-electron chi connectivity index (χ3n) is 5.65. The molecule has 32 heavy (non-hydrogen) atoms. The summed E-state index contributed by atoms with van der Waals surface area (Å²) in [5.41, 5.74) is 0.823. The molecule has 0 spiro atoms. The van der Waals surface area contributed by atoms with Gasteiger partial charge in [-0.3, -0.25) is 9.30 Å². The summed E-state index contributed by atoms with van der Waals surface area (Å²) in [5.74, 6) is 0.104. The summed E-state index contributed by atoms with van der Waals surface area (Å²) in [5, 5.41) is 2.47. The van der Waals surface area contributed by atoms with E-state index in [4.69, 9.17) is 26.1 Å². The number of amides is 1. The molecule has 176 valence electrons. The Balaban J connectivity index is 2.10. The van der Waals surface area contributed by atoms with Crippen LogP contribution in [0.15, 0.2) is 30.6 Å². The fourth-order valence-corrected chi connectivity index (χ4v) is 6.13. The first-order valence-electron chi connectivity index (χ1n) is 10.8. The van der Waals surface area contributed by atoms with E-state index < -0.39 is 27.5 Å². The van der Waals surface area contributed by atoms with E-state index in [0.29, 0.717) is 11.5 Å². The highest BCUT2D eigenvalue weighted by Gasteiger charge is 2.53. The van der Waals surface area contributed by atoms with E-state index >= 15 is 0 Å². The van der Waals surface area contributed by atoms with Gasteiger partial charge in [0.2, 0.25) is 0 Å². The molecule has 2 unspecified atom stereocenters. The molecule has 1 amide bonds. The molecule has 7 nitrogen and oxygen atoms in total. The largest absolute Gasteiger partial charge is 0.476 e. The molecule has 10 heteroatoms. The Kier molecular flexibility index (Phi) is 7.79. The SMILES string of the molecule is C=CCOC(=O)N1C(O[SiH](C)C)[C@@H](C(C)(C)C)C[C@H]1C(OC(C)=S)c1csc2cncn12. The van der Waals surface area contributed by atoms with Crippen LogP contribution in [0.4, 0.5) is 4.79 Å². The van der Waals surface area contributed by atoms with E-state index in [9.17, 15) is 4.79 Å². The van der Waals surface area contributed by atoms with Gasteiger partial charge >= 0.3 is 6.09 Å². The van der Waals surface area contributed by atoms with Crippen molar-refractivity contribution >= 4 is 48.6 Å². The highest BCUT2D eigenvalue weighted by Crippen LogP contribution is 2.47. The molecular formula is C22H33N3O4S2Si.